The van der Waals surface area contributed by atoms with Gasteiger partial charge in [-0.1, -0.05) is 0 Å². The second kappa shape index (κ2) is 6.85. The minimum Gasteiger partial charge on any atom is -0.345 e. The first-order valence-corrected chi connectivity index (χ1v) is 7.50. The molecule has 0 saturated carbocycles. The van der Waals surface area contributed by atoms with Gasteiger partial charge in [-0.25, -0.2) is 8.42 Å². The Bertz CT molecular complexity index is 314. The van der Waals surface area contributed by atoms with Gasteiger partial charge in [-0.3, -0.25) is 4.79 Å². The average Bonchev–Trinajstić information content (AvgIpc) is 2.20. The summed E-state index contributed by atoms with van der Waals surface area (Å²) in [7, 11) is -1.15. The molecule has 0 bridgehead atoms. The molecule has 1 N–H and O–H groups in total. The zero-order valence-corrected chi connectivity index (χ0v) is 11.3. The first-order valence-electron chi connectivity index (χ1n) is 5.44. The molecule has 0 spiro atoms. The Morgan fingerprint density at radius 2 is 2.00 bits per heavy atom. The van der Waals surface area contributed by atoms with E-state index in [-0.39, 0.29) is 17.7 Å². The highest BCUT2D eigenvalue weighted by atomic mass is 32.2. The zero-order valence-electron chi connectivity index (χ0n) is 10.5. The molecule has 0 fully saturated rings. The molecule has 0 aliphatic carbocycles. The molecule has 0 saturated heterocycles. The number of hydrogen-bond acceptors (Lipinski definition) is 4. The summed E-state index contributed by atoms with van der Waals surface area (Å²) in [4.78, 5) is 13.2. The molecule has 1 unspecified atom stereocenters. The second-order valence-corrected chi connectivity index (χ2v) is 6.27. The number of nitrogens with one attached hydrogen (secondary N) is 1. The standard InChI is InChI=1S/C10H22N2O3S/c1-5-12(3)10(13)9(2)11-7-6-8-16(4,14)15/h9,11H,5-8H2,1-4H3. The fraction of sp³-hybridized carbons (Fsp3) is 0.900. The van der Waals surface area contributed by atoms with Crippen LogP contribution in [0.25, 0.3) is 0 Å². The van der Waals surface area contributed by atoms with Crippen LogP contribution in [-0.2, 0) is 14.6 Å². The van der Waals surface area contributed by atoms with E-state index in [9.17, 15) is 13.2 Å². The van der Waals surface area contributed by atoms with Crippen molar-refractivity contribution >= 4 is 15.7 Å². The van der Waals surface area contributed by atoms with Gasteiger partial charge in [0, 0.05) is 19.8 Å². The lowest BCUT2D eigenvalue weighted by atomic mass is 10.3. The van der Waals surface area contributed by atoms with Gasteiger partial charge in [-0.05, 0) is 26.8 Å². The molecule has 1 atom stereocenters. The minimum atomic E-state index is -2.90. The first kappa shape index (κ1) is 15.4. The van der Waals surface area contributed by atoms with Crippen molar-refractivity contribution in [3.63, 3.8) is 0 Å². The van der Waals surface area contributed by atoms with Gasteiger partial charge in [-0.15, -0.1) is 0 Å². The number of likely N-dealkylation sites (N-methyl/N-ethyl adjacent to an activating group) is 1. The molecule has 0 aromatic rings. The molecular weight excluding hydrogens is 228 g/mol. The van der Waals surface area contributed by atoms with Crippen LogP contribution in [0.15, 0.2) is 0 Å². The number of amides is 1. The van der Waals surface area contributed by atoms with E-state index in [1.54, 1.807) is 18.9 Å². The molecular formula is C10H22N2O3S. The summed E-state index contributed by atoms with van der Waals surface area (Å²) >= 11 is 0. The molecule has 96 valence electrons. The third-order valence-electron chi connectivity index (χ3n) is 2.36. The molecule has 0 aromatic heterocycles. The predicted octanol–water partition coefficient (Wildman–Crippen LogP) is -0.122. The van der Waals surface area contributed by atoms with Gasteiger partial charge in [0.2, 0.25) is 5.91 Å². The SMILES string of the molecule is CCN(C)C(=O)C(C)NCCCS(C)(=O)=O. The van der Waals surface area contributed by atoms with Crippen LogP contribution in [0.1, 0.15) is 20.3 Å². The fourth-order valence-corrected chi connectivity index (χ4v) is 1.90. The predicted molar refractivity (Wildman–Crippen MR) is 65.1 cm³/mol. The van der Waals surface area contributed by atoms with E-state index in [0.717, 1.165) is 0 Å². The van der Waals surface area contributed by atoms with Crippen molar-refractivity contribution in [1.82, 2.24) is 10.2 Å². The summed E-state index contributed by atoms with van der Waals surface area (Å²) in [5.41, 5.74) is 0. The summed E-state index contributed by atoms with van der Waals surface area (Å²) in [6.45, 7) is 4.91. The van der Waals surface area contributed by atoms with Crippen LogP contribution in [0.4, 0.5) is 0 Å². The summed E-state index contributed by atoms with van der Waals surface area (Å²) in [6.07, 6.45) is 1.75. The number of sulfone groups is 1. The Kier molecular flexibility index (Phi) is 6.59. The molecule has 0 radical (unpaired) electrons. The van der Waals surface area contributed by atoms with E-state index < -0.39 is 9.84 Å². The Labute approximate surface area is 98.1 Å². The zero-order chi connectivity index (χ0) is 12.8. The van der Waals surface area contributed by atoms with Crippen LogP contribution in [-0.4, -0.2) is 57.4 Å². The molecule has 0 aliphatic rings. The molecule has 0 aromatic carbocycles. The Morgan fingerprint density at radius 1 is 1.44 bits per heavy atom. The Morgan fingerprint density at radius 3 is 2.44 bits per heavy atom. The summed E-state index contributed by atoms with van der Waals surface area (Å²) in [5.74, 6) is 0.187. The highest BCUT2D eigenvalue weighted by Gasteiger charge is 2.15. The summed E-state index contributed by atoms with van der Waals surface area (Å²) in [5, 5.41) is 3.01. The van der Waals surface area contributed by atoms with Gasteiger partial charge in [-0.2, -0.15) is 0 Å². The molecule has 5 nitrogen and oxygen atoms in total. The topological polar surface area (TPSA) is 66.5 Å². The molecule has 0 aliphatic heterocycles. The maximum absolute atomic E-state index is 11.6. The van der Waals surface area contributed by atoms with Crippen molar-refractivity contribution < 1.29 is 13.2 Å². The lowest BCUT2D eigenvalue weighted by molar-refractivity contribution is -0.131. The van der Waals surface area contributed by atoms with Gasteiger partial charge in [0.1, 0.15) is 9.84 Å². The third-order valence-corrected chi connectivity index (χ3v) is 3.39. The van der Waals surface area contributed by atoms with Crippen molar-refractivity contribution in [3.05, 3.63) is 0 Å². The van der Waals surface area contributed by atoms with Gasteiger partial charge < -0.3 is 10.2 Å². The largest absolute Gasteiger partial charge is 0.345 e. The van der Waals surface area contributed by atoms with Crippen molar-refractivity contribution in [2.75, 3.05) is 32.1 Å². The van der Waals surface area contributed by atoms with Crippen molar-refractivity contribution in [2.24, 2.45) is 0 Å². The van der Waals surface area contributed by atoms with Crippen LogP contribution in [0, 0.1) is 0 Å². The van der Waals surface area contributed by atoms with E-state index in [0.29, 0.717) is 19.5 Å². The first-order chi connectivity index (χ1) is 7.28. The van der Waals surface area contributed by atoms with Crippen molar-refractivity contribution in [2.45, 2.75) is 26.3 Å². The molecule has 6 heteroatoms. The van der Waals surface area contributed by atoms with E-state index in [1.807, 2.05) is 6.92 Å². The highest BCUT2D eigenvalue weighted by molar-refractivity contribution is 7.90. The average molecular weight is 250 g/mol. The highest BCUT2D eigenvalue weighted by Crippen LogP contribution is 1.93. The van der Waals surface area contributed by atoms with E-state index in [4.69, 9.17) is 0 Å². The van der Waals surface area contributed by atoms with Crippen LogP contribution in [0.2, 0.25) is 0 Å². The Hall–Kier alpha value is -0.620. The van der Waals surface area contributed by atoms with Crippen LogP contribution in [0.3, 0.4) is 0 Å². The maximum atomic E-state index is 11.6. The summed E-state index contributed by atoms with van der Waals surface area (Å²) in [6, 6.07) is -0.260. The smallest absolute Gasteiger partial charge is 0.239 e. The normalized spacial score (nSPS) is 13.5. The lowest BCUT2D eigenvalue weighted by Crippen LogP contribution is -2.43. The molecule has 1 amide bonds. The molecule has 0 heterocycles. The lowest BCUT2D eigenvalue weighted by Gasteiger charge is -2.20. The number of rotatable bonds is 7. The number of nitrogens with zero attached hydrogens (tertiary/aromatic N) is 1. The summed E-state index contributed by atoms with van der Waals surface area (Å²) < 4.78 is 21.7. The second-order valence-electron chi connectivity index (χ2n) is 4.01. The van der Waals surface area contributed by atoms with E-state index in [2.05, 4.69) is 5.32 Å². The monoisotopic (exact) mass is 250 g/mol. The number of carbonyl (C=O) groups excluding carboxylic acids is 1. The quantitative estimate of drug-likeness (QED) is 0.640. The van der Waals surface area contributed by atoms with Crippen LogP contribution >= 0.6 is 0 Å². The van der Waals surface area contributed by atoms with Gasteiger partial charge in [0.05, 0.1) is 11.8 Å². The van der Waals surface area contributed by atoms with Gasteiger partial charge in [0.25, 0.3) is 0 Å². The van der Waals surface area contributed by atoms with Crippen LogP contribution in [0.5, 0.6) is 0 Å². The van der Waals surface area contributed by atoms with Gasteiger partial charge in [0.15, 0.2) is 0 Å². The maximum Gasteiger partial charge on any atom is 0.239 e. The number of carbonyl (C=O) groups is 1. The number of hydrogen-bond donors (Lipinski definition) is 1. The van der Waals surface area contributed by atoms with E-state index in [1.165, 1.54) is 6.26 Å². The van der Waals surface area contributed by atoms with Crippen LogP contribution < -0.4 is 5.32 Å². The van der Waals surface area contributed by atoms with Crippen molar-refractivity contribution in [1.29, 1.82) is 0 Å². The van der Waals surface area contributed by atoms with Crippen molar-refractivity contribution in [3.8, 4) is 0 Å². The van der Waals surface area contributed by atoms with E-state index >= 15 is 0 Å². The fourth-order valence-electron chi connectivity index (χ4n) is 1.23. The minimum absolute atomic E-state index is 0.0295. The Balaban J connectivity index is 3.82. The van der Waals surface area contributed by atoms with Gasteiger partial charge >= 0.3 is 0 Å². The third kappa shape index (κ3) is 6.79. The molecule has 16 heavy (non-hydrogen) atoms. The molecule has 0 rings (SSSR count).